The Kier molecular flexibility index (Phi) is 5.42. The molecule has 0 saturated carbocycles. The number of ether oxygens (including phenoxy) is 1. The van der Waals surface area contributed by atoms with E-state index in [-0.39, 0.29) is 24.4 Å². The van der Waals surface area contributed by atoms with E-state index in [2.05, 4.69) is 6.07 Å². The SMILES string of the molecule is O=C(OCc1ccccc1)C1CCc2c(c3ccccc3n2C(=O)c2ccc3ccccc3c2)C1. The van der Waals surface area contributed by atoms with Gasteiger partial charge in [0.25, 0.3) is 5.91 Å². The van der Waals surface area contributed by atoms with E-state index in [0.717, 1.165) is 38.5 Å². The highest BCUT2D eigenvalue weighted by Gasteiger charge is 2.32. The van der Waals surface area contributed by atoms with Crippen LogP contribution < -0.4 is 0 Å². The number of benzene rings is 4. The Labute approximate surface area is 203 Å². The van der Waals surface area contributed by atoms with Crippen molar-refractivity contribution in [1.29, 1.82) is 0 Å². The van der Waals surface area contributed by atoms with Crippen molar-refractivity contribution in [1.82, 2.24) is 4.57 Å². The zero-order valence-corrected chi connectivity index (χ0v) is 19.3. The van der Waals surface area contributed by atoms with Gasteiger partial charge in [-0.1, -0.05) is 78.9 Å². The topological polar surface area (TPSA) is 48.3 Å². The second-order valence-corrected chi connectivity index (χ2v) is 9.18. The van der Waals surface area contributed by atoms with E-state index < -0.39 is 0 Å². The zero-order valence-electron chi connectivity index (χ0n) is 19.3. The summed E-state index contributed by atoms with van der Waals surface area (Å²) in [5.74, 6) is -0.406. The van der Waals surface area contributed by atoms with Crippen molar-refractivity contribution in [2.45, 2.75) is 25.9 Å². The van der Waals surface area contributed by atoms with Crippen LogP contribution in [0.5, 0.6) is 0 Å². The maximum Gasteiger partial charge on any atom is 0.309 e. The molecule has 6 rings (SSSR count). The Bertz CT molecular complexity index is 1560. The van der Waals surface area contributed by atoms with Gasteiger partial charge in [0.05, 0.1) is 11.4 Å². The van der Waals surface area contributed by atoms with Crippen LogP contribution >= 0.6 is 0 Å². The first kappa shape index (κ1) is 21.4. The third-order valence-corrected chi connectivity index (χ3v) is 7.03. The molecule has 0 N–H and O–H groups in total. The summed E-state index contributed by atoms with van der Waals surface area (Å²) in [6.45, 7) is 0.283. The molecule has 0 aliphatic heterocycles. The molecule has 0 spiro atoms. The van der Waals surface area contributed by atoms with E-state index in [0.29, 0.717) is 24.8 Å². The summed E-state index contributed by atoms with van der Waals surface area (Å²) in [4.78, 5) is 26.7. The fourth-order valence-corrected chi connectivity index (χ4v) is 5.24. The van der Waals surface area contributed by atoms with Crippen LogP contribution in [0.3, 0.4) is 0 Å². The summed E-state index contributed by atoms with van der Waals surface area (Å²) in [6.07, 6.45) is 1.91. The lowest BCUT2D eigenvalue weighted by Gasteiger charge is -2.22. The molecule has 35 heavy (non-hydrogen) atoms. The number of esters is 1. The summed E-state index contributed by atoms with van der Waals surface area (Å²) in [6, 6.07) is 31.7. The number of para-hydroxylation sites is 1. The second kappa shape index (κ2) is 8.88. The highest BCUT2D eigenvalue weighted by Crippen LogP contribution is 2.35. The van der Waals surface area contributed by atoms with Gasteiger partial charge in [0.2, 0.25) is 0 Å². The van der Waals surface area contributed by atoms with Gasteiger partial charge < -0.3 is 4.74 Å². The molecular formula is C31H25NO3. The van der Waals surface area contributed by atoms with Gasteiger partial charge in [-0.15, -0.1) is 0 Å². The monoisotopic (exact) mass is 459 g/mol. The minimum atomic E-state index is -0.207. The molecule has 4 heteroatoms. The van der Waals surface area contributed by atoms with Crippen molar-refractivity contribution in [2.24, 2.45) is 5.92 Å². The number of nitrogens with zero attached hydrogens (tertiary/aromatic N) is 1. The predicted molar refractivity (Wildman–Crippen MR) is 137 cm³/mol. The maximum atomic E-state index is 13.8. The van der Waals surface area contributed by atoms with Crippen LogP contribution in [0.4, 0.5) is 0 Å². The number of rotatable bonds is 4. The van der Waals surface area contributed by atoms with Gasteiger partial charge in [0.1, 0.15) is 6.61 Å². The number of carbonyl (C=O) groups is 2. The Morgan fingerprint density at radius 2 is 1.57 bits per heavy atom. The van der Waals surface area contributed by atoms with Gasteiger partial charge >= 0.3 is 5.97 Å². The first-order chi connectivity index (χ1) is 17.2. The number of carbonyl (C=O) groups excluding carboxylic acids is 2. The zero-order chi connectivity index (χ0) is 23.8. The molecule has 1 aliphatic carbocycles. The van der Waals surface area contributed by atoms with Gasteiger partial charge in [-0.2, -0.15) is 0 Å². The van der Waals surface area contributed by atoms with Crippen molar-refractivity contribution in [3.05, 3.63) is 119 Å². The predicted octanol–water partition coefficient (Wildman–Crippen LogP) is 6.33. The summed E-state index contributed by atoms with van der Waals surface area (Å²) < 4.78 is 7.51. The van der Waals surface area contributed by atoms with Crippen molar-refractivity contribution in [3.8, 4) is 0 Å². The van der Waals surface area contributed by atoms with Crippen LogP contribution in [0, 0.1) is 5.92 Å². The molecular weight excluding hydrogens is 434 g/mol. The quantitative estimate of drug-likeness (QED) is 0.295. The lowest BCUT2D eigenvalue weighted by molar-refractivity contribution is -0.150. The fourth-order valence-electron chi connectivity index (χ4n) is 5.24. The largest absolute Gasteiger partial charge is 0.461 e. The molecule has 4 nitrogen and oxygen atoms in total. The average Bonchev–Trinajstić information content (AvgIpc) is 3.25. The number of hydrogen-bond acceptors (Lipinski definition) is 3. The molecule has 5 aromatic rings. The first-order valence-electron chi connectivity index (χ1n) is 12.0. The molecule has 1 atom stereocenters. The Hall–Kier alpha value is -4.18. The molecule has 172 valence electrons. The number of hydrogen-bond donors (Lipinski definition) is 0. The Balaban J connectivity index is 1.32. The number of fused-ring (bicyclic) bond motifs is 4. The van der Waals surface area contributed by atoms with Crippen LogP contribution in [0.25, 0.3) is 21.7 Å². The third kappa shape index (κ3) is 3.91. The third-order valence-electron chi connectivity index (χ3n) is 7.03. The van der Waals surface area contributed by atoms with Crippen molar-refractivity contribution in [3.63, 3.8) is 0 Å². The molecule has 4 aromatic carbocycles. The van der Waals surface area contributed by atoms with E-state index in [1.807, 2.05) is 95.6 Å². The second-order valence-electron chi connectivity index (χ2n) is 9.18. The van der Waals surface area contributed by atoms with Crippen LogP contribution in [-0.4, -0.2) is 16.4 Å². The minimum Gasteiger partial charge on any atom is -0.461 e. The van der Waals surface area contributed by atoms with E-state index in [1.165, 1.54) is 0 Å². The normalized spacial score (nSPS) is 15.1. The molecule has 0 saturated heterocycles. The smallest absolute Gasteiger partial charge is 0.309 e. The van der Waals surface area contributed by atoms with E-state index >= 15 is 0 Å². The fraction of sp³-hybridized carbons (Fsp3) is 0.161. The van der Waals surface area contributed by atoms with Gasteiger partial charge in [-0.3, -0.25) is 14.2 Å². The molecule has 1 aromatic heterocycles. The minimum absolute atomic E-state index is 0.0293. The van der Waals surface area contributed by atoms with Crippen LogP contribution in [-0.2, 0) is 29.0 Å². The van der Waals surface area contributed by atoms with E-state index in [9.17, 15) is 9.59 Å². The molecule has 1 aliphatic rings. The van der Waals surface area contributed by atoms with Gasteiger partial charge in [-0.05, 0) is 59.4 Å². The Morgan fingerprint density at radius 3 is 2.43 bits per heavy atom. The molecule has 0 fully saturated rings. The van der Waals surface area contributed by atoms with Crippen molar-refractivity contribution >= 4 is 33.6 Å². The highest BCUT2D eigenvalue weighted by molar-refractivity contribution is 6.06. The standard InChI is InChI=1S/C31H25NO3/c33-30(24-15-14-22-10-4-5-11-23(22)18-24)32-28-13-7-6-12-26(28)27-19-25(16-17-29(27)32)31(34)35-20-21-8-2-1-3-9-21/h1-15,18,25H,16-17,19-20H2. The van der Waals surface area contributed by atoms with E-state index in [1.54, 1.807) is 0 Å². The summed E-state index contributed by atoms with van der Waals surface area (Å²) in [7, 11) is 0. The van der Waals surface area contributed by atoms with Gasteiger partial charge in [0.15, 0.2) is 0 Å². The molecule has 1 unspecified atom stereocenters. The maximum absolute atomic E-state index is 13.8. The molecule has 0 bridgehead atoms. The van der Waals surface area contributed by atoms with Crippen LogP contribution in [0.1, 0.15) is 33.6 Å². The number of aromatic nitrogens is 1. The van der Waals surface area contributed by atoms with Gasteiger partial charge in [0, 0.05) is 16.6 Å². The summed E-state index contributed by atoms with van der Waals surface area (Å²) in [5, 5.41) is 3.20. The van der Waals surface area contributed by atoms with Crippen LogP contribution in [0.15, 0.2) is 97.1 Å². The van der Waals surface area contributed by atoms with Gasteiger partial charge in [-0.25, -0.2) is 0 Å². The van der Waals surface area contributed by atoms with E-state index in [4.69, 9.17) is 4.74 Å². The lowest BCUT2D eigenvalue weighted by atomic mass is 9.86. The van der Waals surface area contributed by atoms with Crippen molar-refractivity contribution < 1.29 is 14.3 Å². The first-order valence-corrected chi connectivity index (χ1v) is 12.0. The Morgan fingerprint density at radius 1 is 0.829 bits per heavy atom. The highest BCUT2D eigenvalue weighted by atomic mass is 16.5. The molecule has 0 amide bonds. The van der Waals surface area contributed by atoms with Crippen LogP contribution in [0.2, 0.25) is 0 Å². The lowest BCUT2D eigenvalue weighted by Crippen LogP contribution is -2.26. The summed E-state index contributed by atoms with van der Waals surface area (Å²) >= 11 is 0. The summed E-state index contributed by atoms with van der Waals surface area (Å²) in [5.41, 5.74) is 4.64. The average molecular weight is 460 g/mol. The molecule has 0 radical (unpaired) electrons. The van der Waals surface area contributed by atoms with Crippen molar-refractivity contribution in [2.75, 3.05) is 0 Å². The molecule has 1 heterocycles.